The van der Waals surface area contributed by atoms with Crippen LogP contribution in [0.25, 0.3) is 0 Å². The van der Waals surface area contributed by atoms with Crippen molar-refractivity contribution in [3.8, 4) is 0 Å². The van der Waals surface area contributed by atoms with Crippen molar-refractivity contribution in [2.45, 2.75) is 18.5 Å². The number of nitrogens with one attached hydrogen (secondary N) is 1. The fourth-order valence-corrected chi connectivity index (χ4v) is 1.98. The van der Waals surface area contributed by atoms with E-state index in [0.717, 1.165) is 11.3 Å². The Labute approximate surface area is 86.9 Å². The highest BCUT2D eigenvalue weighted by atomic mass is 19.1. The van der Waals surface area contributed by atoms with Crippen LogP contribution in [0.5, 0.6) is 0 Å². The zero-order chi connectivity index (χ0) is 10.8. The maximum absolute atomic E-state index is 13.5. The third-order valence-corrected chi connectivity index (χ3v) is 2.72. The van der Waals surface area contributed by atoms with E-state index < -0.39 is 18.1 Å². The van der Waals surface area contributed by atoms with E-state index >= 15 is 0 Å². The Morgan fingerprint density at radius 2 is 2.27 bits per heavy atom. The summed E-state index contributed by atoms with van der Waals surface area (Å²) in [4.78, 5) is 10.6. The molecule has 1 aromatic carbocycles. The van der Waals surface area contributed by atoms with E-state index in [1.165, 1.54) is 0 Å². The van der Waals surface area contributed by atoms with Gasteiger partial charge in [0.25, 0.3) is 0 Å². The maximum atomic E-state index is 13.5. The van der Waals surface area contributed by atoms with Crippen LogP contribution >= 0.6 is 0 Å². The summed E-state index contributed by atoms with van der Waals surface area (Å²) in [5, 5.41) is 11.8. The molecule has 0 bridgehead atoms. The Morgan fingerprint density at radius 3 is 3.00 bits per heavy atom. The number of fused-ring (bicyclic) bond motifs is 1. The van der Waals surface area contributed by atoms with E-state index in [0.29, 0.717) is 13.0 Å². The molecule has 15 heavy (non-hydrogen) atoms. The topological polar surface area (TPSA) is 49.3 Å². The second-order valence-electron chi connectivity index (χ2n) is 3.65. The van der Waals surface area contributed by atoms with E-state index in [-0.39, 0.29) is 0 Å². The van der Waals surface area contributed by atoms with Gasteiger partial charge in [0, 0.05) is 18.2 Å². The monoisotopic (exact) mass is 209 g/mol. The zero-order valence-corrected chi connectivity index (χ0v) is 8.11. The largest absolute Gasteiger partial charge is 0.479 e. The van der Waals surface area contributed by atoms with Crippen LogP contribution in [0.2, 0.25) is 0 Å². The molecule has 0 spiro atoms. The predicted molar refractivity (Wildman–Crippen MR) is 54.8 cm³/mol. The third-order valence-electron chi connectivity index (χ3n) is 2.72. The summed E-state index contributed by atoms with van der Waals surface area (Å²) < 4.78 is 13.5. The van der Waals surface area contributed by atoms with Crippen molar-refractivity contribution in [1.29, 1.82) is 0 Å². The molecule has 2 N–H and O–H groups in total. The molecule has 4 heteroatoms. The summed E-state index contributed by atoms with van der Waals surface area (Å²) in [5.74, 6) is -1.91. The van der Waals surface area contributed by atoms with Crippen molar-refractivity contribution in [2.24, 2.45) is 0 Å². The van der Waals surface area contributed by atoms with Crippen molar-refractivity contribution < 1.29 is 14.3 Å². The molecule has 2 rings (SSSR count). The highest BCUT2D eigenvalue weighted by Crippen LogP contribution is 2.34. The Balaban J connectivity index is 2.33. The van der Waals surface area contributed by atoms with Crippen molar-refractivity contribution in [1.82, 2.24) is 0 Å². The van der Waals surface area contributed by atoms with Crippen molar-refractivity contribution in [3.05, 3.63) is 29.8 Å². The molecule has 0 amide bonds. The maximum Gasteiger partial charge on any atom is 0.338 e. The number of carboxylic acid groups (broad SMARTS) is 1. The number of benzene rings is 1. The number of aliphatic carboxylic acids is 1. The highest BCUT2D eigenvalue weighted by molar-refractivity contribution is 5.74. The number of carbonyl (C=O) groups is 1. The zero-order valence-electron chi connectivity index (χ0n) is 8.11. The molecule has 0 radical (unpaired) electrons. The minimum absolute atomic E-state index is 0.518. The Kier molecular flexibility index (Phi) is 2.58. The number of halogens is 1. The van der Waals surface area contributed by atoms with E-state index in [9.17, 15) is 9.18 Å². The number of alkyl halides is 1. The minimum Gasteiger partial charge on any atom is -0.479 e. The van der Waals surface area contributed by atoms with Gasteiger partial charge in [0.05, 0.1) is 0 Å². The quantitative estimate of drug-likeness (QED) is 0.783. The van der Waals surface area contributed by atoms with Crippen molar-refractivity contribution >= 4 is 11.7 Å². The van der Waals surface area contributed by atoms with Gasteiger partial charge in [-0.15, -0.1) is 0 Å². The van der Waals surface area contributed by atoms with Crippen LogP contribution in [0.3, 0.4) is 0 Å². The molecule has 1 aliphatic heterocycles. The lowest BCUT2D eigenvalue weighted by Crippen LogP contribution is -2.29. The number of hydrogen-bond acceptors (Lipinski definition) is 2. The second kappa shape index (κ2) is 3.88. The summed E-state index contributed by atoms with van der Waals surface area (Å²) in [5.41, 5.74) is 1.61. The van der Waals surface area contributed by atoms with Crippen LogP contribution in [-0.2, 0) is 4.79 Å². The lowest BCUT2D eigenvalue weighted by atomic mass is 9.87. The van der Waals surface area contributed by atoms with Gasteiger partial charge in [-0.25, -0.2) is 9.18 Å². The molecule has 2 unspecified atom stereocenters. The smallest absolute Gasteiger partial charge is 0.338 e. The summed E-state index contributed by atoms with van der Waals surface area (Å²) in [6.07, 6.45) is -1.29. The average Bonchev–Trinajstić information content (AvgIpc) is 2.27. The molecule has 0 saturated carbocycles. The van der Waals surface area contributed by atoms with Crippen LogP contribution < -0.4 is 5.32 Å². The van der Waals surface area contributed by atoms with Gasteiger partial charge in [-0.1, -0.05) is 18.2 Å². The van der Waals surface area contributed by atoms with Gasteiger partial charge in [0.2, 0.25) is 6.17 Å². The second-order valence-corrected chi connectivity index (χ2v) is 3.65. The minimum atomic E-state index is -1.81. The standard InChI is InChI=1S/C11H12FNO2/c12-10(11(14)15)8-5-6-13-9-4-2-1-3-7(8)9/h1-4,8,10,13H,5-6H2,(H,14,15). The first kappa shape index (κ1) is 9.96. The normalized spacial score (nSPS) is 21.3. The van der Waals surface area contributed by atoms with Gasteiger partial charge in [0.1, 0.15) is 0 Å². The van der Waals surface area contributed by atoms with Gasteiger partial charge in [-0.3, -0.25) is 0 Å². The lowest BCUT2D eigenvalue weighted by molar-refractivity contribution is -0.143. The molecule has 3 nitrogen and oxygen atoms in total. The van der Waals surface area contributed by atoms with E-state index in [2.05, 4.69) is 5.32 Å². The van der Waals surface area contributed by atoms with Gasteiger partial charge in [0.15, 0.2) is 0 Å². The Hall–Kier alpha value is -1.58. The predicted octanol–water partition coefficient (Wildman–Crippen LogP) is 2.01. The van der Waals surface area contributed by atoms with Gasteiger partial charge in [-0.05, 0) is 18.1 Å². The summed E-state index contributed by atoms with van der Waals surface area (Å²) >= 11 is 0. The van der Waals surface area contributed by atoms with E-state index in [4.69, 9.17) is 5.11 Å². The first-order valence-electron chi connectivity index (χ1n) is 4.90. The highest BCUT2D eigenvalue weighted by Gasteiger charge is 2.32. The van der Waals surface area contributed by atoms with Crippen LogP contribution in [0, 0.1) is 0 Å². The molecular formula is C11H12FNO2. The van der Waals surface area contributed by atoms with Crippen molar-refractivity contribution in [3.63, 3.8) is 0 Å². The van der Waals surface area contributed by atoms with Crippen LogP contribution in [0.1, 0.15) is 17.9 Å². The average molecular weight is 209 g/mol. The summed E-state index contributed by atoms with van der Waals surface area (Å²) in [7, 11) is 0. The number of hydrogen-bond donors (Lipinski definition) is 2. The number of rotatable bonds is 2. The molecule has 80 valence electrons. The molecule has 0 fully saturated rings. The summed E-state index contributed by atoms with van der Waals surface area (Å²) in [6.45, 7) is 0.620. The molecule has 2 atom stereocenters. The third kappa shape index (κ3) is 1.79. The van der Waals surface area contributed by atoms with Gasteiger partial charge < -0.3 is 10.4 Å². The fourth-order valence-electron chi connectivity index (χ4n) is 1.98. The molecule has 1 aromatic rings. The van der Waals surface area contributed by atoms with E-state index in [1.54, 1.807) is 12.1 Å². The Morgan fingerprint density at radius 1 is 1.53 bits per heavy atom. The first-order chi connectivity index (χ1) is 7.20. The van der Waals surface area contributed by atoms with E-state index in [1.807, 2.05) is 12.1 Å². The molecule has 0 aromatic heterocycles. The summed E-state index contributed by atoms with van der Waals surface area (Å²) in [6, 6.07) is 7.27. The van der Waals surface area contributed by atoms with Gasteiger partial charge in [-0.2, -0.15) is 0 Å². The SMILES string of the molecule is O=C(O)C(F)C1CCNc2ccccc21. The van der Waals surface area contributed by atoms with Crippen LogP contribution in [0.4, 0.5) is 10.1 Å². The fraction of sp³-hybridized carbons (Fsp3) is 0.364. The molecule has 0 aliphatic carbocycles. The number of anilines is 1. The van der Waals surface area contributed by atoms with Crippen LogP contribution in [-0.4, -0.2) is 23.8 Å². The molecule has 0 saturated heterocycles. The first-order valence-corrected chi connectivity index (χ1v) is 4.90. The lowest BCUT2D eigenvalue weighted by Gasteiger charge is -2.27. The van der Waals surface area contributed by atoms with Crippen LogP contribution in [0.15, 0.2) is 24.3 Å². The Bertz CT molecular complexity index is 381. The number of para-hydroxylation sites is 1. The van der Waals surface area contributed by atoms with Crippen molar-refractivity contribution in [2.75, 3.05) is 11.9 Å². The molecular weight excluding hydrogens is 197 g/mol. The molecule has 1 heterocycles. The number of carboxylic acids is 1. The van der Waals surface area contributed by atoms with Gasteiger partial charge >= 0.3 is 5.97 Å². The molecule has 1 aliphatic rings.